The predicted octanol–water partition coefficient (Wildman–Crippen LogP) is 3.32. The monoisotopic (exact) mass is 594 g/mol. The van der Waals surface area contributed by atoms with Crippen molar-refractivity contribution in [3.8, 4) is 11.8 Å². The maximum Gasteiger partial charge on any atom is 0.459 e. The summed E-state index contributed by atoms with van der Waals surface area (Å²) in [6.45, 7) is 4.46. The van der Waals surface area contributed by atoms with Gasteiger partial charge in [-0.2, -0.15) is 15.4 Å². The van der Waals surface area contributed by atoms with Crippen molar-refractivity contribution in [2.45, 2.75) is 44.6 Å². The Morgan fingerprint density at radius 3 is 2.81 bits per heavy atom. The van der Waals surface area contributed by atoms with Crippen LogP contribution in [0.15, 0.2) is 60.9 Å². The van der Waals surface area contributed by atoms with Gasteiger partial charge in [-0.15, -0.1) is 0 Å². The minimum absolute atomic E-state index is 0.126. The van der Waals surface area contributed by atoms with E-state index in [2.05, 4.69) is 21.2 Å². The molecule has 2 aromatic carbocycles. The molecule has 0 amide bonds. The van der Waals surface area contributed by atoms with Crippen LogP contribution in [0, 0.1) is 17.2 Å². The van der Waals surface area contributed by atoms with E-state index in [4.69, 9.17) is 24.3 Å². The molecule has 1 aliphatic heterocycles. The van der Waals surface area contributed by atoms with Crippen LogP contribution in [0.4, 0.5) is 5.82 Å². The van der Waals surface area contributed by atoms with E-state index >= 15 is 0 Å². The second-order valence-electron chi connectivity index (χ2n) is 9.91. The number of hydrogen-bond donors (Lipinski definition) is 3. The molecule has 1 fully saturated rings. The van der Waals surface area contributed by atoms with Crippen LogP contribution in [0.1, 0.15) is 26.5 Å². The van der Waals surface area contributed by atoms with E-state index < -0.39 is 50.1 Å². The van der Waals surface area contributed by atoms with Crippen LogP contribution in [0.2, 0.25) is 0 Å². The van der Waals surface area contributed by atoms with Crippen LogP contribution in [0.5, 0.6) is 5.75 Å². The van der Waals surface area contributed by atoms with Crippen LogP contribution in [0.25, 0.3) is 16.3 Å². The maximum atomic E-state index is 14.2. The Morgan fingerprint density at radius 1 is 1.29 bits per heavy atom. The Labute approximate surface area is 241 Å². The van der Waals surface area contributed by atoms with Gasteiger partial charge >= 0.3 is 13.7 Å². The molecule has 0 bridgehead atoms. The van der Waals surface area contributed by atoms with Crippen molar-refractivity contribution < 1.29 is 33.0 Å². The van der Waals surface area contributed by atoms with Crippen LogP contribution in [0.3, 0.4) is 0 Å². The molecule has 0 aliphatic carbocycles. The zero-order chi connectivity index (χ0) is 30.1. The molecule has 0 saturated carbocycles. The molecule has 4 aromatic rings. The molecule has 220 valence electrons. The van der Waals surface area contributed by atoms with Gasteiger partial charge < -0.3 is 24.8 Å². The van der Waals surface area contributed by atoms with E-state index in [0.29, 0.717) is 16.6 Å². The number of nitrogens with one attached hydrogen (secondary N) is 1. The number of carbonyl (C=O) groups excluding carboxylic acids is 1. The van der Waals surface area contributed by atoms with Crippen molar-refractivity contribution in [2.75, 3.05) is 18.9 Å². The maximum absolute atomic E-state index is 14.2. The lowest BCUT2D eigenvalue weighted by Gasteiger charge is -2.26. The largest absolute Gasteiger partial charge is 0.465 e. The van der Waals surface area contributed by atoms with Gasteiger partial charge in [-0.1, -0.05) is 43.3 Å². The van der Waals surface area contributed by atoms with E-state index in [1.807, 2.05) is 24.3 Å². The van der Waals surface area contributed by atoms with Gasteiger partial charge in [0.2, 0.25) is 5.60 Å². The number of aromatic nitrogens is 3. The lowest BCUT2D eigenvalue weighted by atomic mass is 9.85. The number of carbonyl (C=O) groups is 1. The first-order chi connectivity index (χ1) is 20.1. The number of nitriles is 1. The number of nitrogens with zero attached hydrogens (tertiary/aromatic N) is 4. The number of ether oxygens (including phenoxy) is 2. The normalized spacial score (nSPS) is 24.2. The lowest BCUT2D eigenvalue weighted by Crippen LogP contribution is -2.36. The zero-order valence-electron chi connectivity index (χ0n) is 23.2. The summed E-state index contributed by atoms with van der Waals surface area (Å²) in [5.41, 5.74) is 5.13. The molecule has 3 heterocycles. The van der Waals surface area contributed by atoms with E-state index in [-0.39, 0.29) is 18.2 Å². The summed E-state index contributed by atoms with van der Waals surface area (Å²) in [5.74, 6) is -0.943. The number of hydrogen-bond acceptors (Lipinski definition) is 11. The van der Waals surface area contributed by atoms with Gasteiger partial charge in [0, 0.05) is 11.3 Å². The van der Waals surface area contributed by atoms with Gasteiger partial charge in [-0.25, -0.2) is 14.1 Å². The molecule has 4 N–H and O–H groups in total. The highest BCUT2D eigenvalue weighted by Gasteiger charge is 2.56. The van der Waals surface area contributed by atoms with Crippen LogP contribution in [-0.2, 0) is 29.0 Å². The number of benzene rings is 2. The van der Waals surface area contributed by atoms with Crippen LogP contribution >= 0.6 is 7.75 Å². The summed E-state index contributed by atoms with van der Waals surface area (Å²) in [6, 6.07) is 17.0. The van der Waals surface area contributed by atoms with E-state index in [1.165, 1.54) is 17.8 Å². The number of fused-ring (bicyclic) bond motifs is 2. The minimum atomic E-state index is -4.30. The molecule has 0 radical (unpaired) electrons. The zero-order valence-corrected chi connectivity index (χ0v) is 24.1. The summed E-state index contributed by atoms with van der Waals surface area (Å²) in [5, 5.41) is 29.8. The van der Waals surface area contributed by atoms with Crippen molar-refractivity contribution in [1.29, 1.82) is 5.26 Å². The third kappa shape index (κ3) is 5.31. The fourth-order valence-corrected chi connectivity index (χ4v) is 6.57. The Kier molecular flexibility index (Phi) is 8.19. The van der Waals surface area contributed by atoms with Gasteiger partial charge in [0.05, 0.1) is 25.0 Å². The van der Waals surface area contributed by atoms with Crippen LogP contribution in [-0.4, -0.2) is 57.1 Å². The molecule has 6 unspecified atom stereocenters. The number of aliphatic hydroxyl groups excluding tert-OH is 1. The first-order valence-electron chi connectivity index (χ1n) is 13.3. The molecular formula is C28H31N6O7P. The summed E-state index contributed by atoms with van der Waals surface area (Å²) in [6.07, 6.45) is -1.05. The number of nitrogen functional groups attached to an aromatic ring is 1. The highest BCUT2D eigenvalue weighted by atomic mass is 31.2. The third-order valence-electron chi connectivity index (χ3n) is 7.27. The molecule has 0 spiro atoms. The Hall–Kier alpha value is -4.05. The van der Waals surface area contributed by atoms with Gasteiger partial charge in [0.15, 0.2) is 5.82 Å². The number of aliphatic hydroxyl groups is 1. The molecule has 13 nitrogen and oxygen atoms in total. The highest BCUT2D eigenvalue weighted by molar-refractivity contribution is 7.52. The van der Waals surface area contributed by atoms with Gasteiger partial charge in [-0.05, 0) is 37.4 Å². The smallest absolute Gasteiger partial charge is 0.459 e. The second-order valence-corrected chi connectivity index (χ2v) is 11.6. The molecular weight excluding hydrogens is 563 g/mol. The third-order valence-corrected chi connectivity index (χ3v) is 8.90. The summed E-state index contributed by atoms with van der Waals surface area (Å²) in [7, 11) is -4.30. The summed E-state index contributed by atoms with van der Waals surface area (Å²) < 4.78 is 38.6. The quantitative estimate of drug-likeness (QED) is 0.180. The fraction of sp³-hybridized carbons (Fsp3) is 0.357. The Bertz CT molecular complexity index is 1700. The van der Waals surface area contributed by atoms with E-state index in [0.717, 1.165) is 5.39 Å². The lowest BCUT2D eigenvalue weighted by molar-refractivity contribution is -0.144. The summed E-state index contributed by atoms with van der Waals surface area (Å²) >= 11 is 0. The average molecular weight is 595 g/mol. The fourth-order valence-electron chi connectivity index (χ4n) is 5.05. The van der Waals surface area contributed by atoms with Crippen LogP contribution < -0.4 is 15.3 Å². The van der Waals surface area contributed by atoms with Gasteiger partial charge in [0.1, 0.15) is 35.8 Å². The molecule has 42 heavy (non-hydrogen) atoms. The minimum Gasteiger partial charge on any atom is -0.465 e. The molecule has 2 aromatic heterocycles. The van der Waals surface area contributed by atoms with Crippen molar-refractivity contribution in [3.63, 3.8) is 0 Å². The molecule has 1 saturated heterocycles. The standard InChI is InChI=1S/C28H31N6O7P/c1-4-38-27(36)18(3)33-42(37,41-22-11-7-9-19-8-5-6-10-20(19)22)39-14-23-25(35)17(2)28(15-29,40-23)24-13-12-21-26(30)31-16-32-34(21)24/h5-13,16-18,23,25,35H,4,14H2,1-3H3,(H,33,37)(H2,30,31,32). The Morgan fingerprint density at radius 2 is 2.05 bits per heavy atom. The van der Waals surface area contributed by atoms with Crippen molar-refractivity contribution in [3.05, 3.63) is 66.6 Å². The van der Waals surface area contributed by atoms with Gasteiger partial charge in [-0.3, -0.25) is 9.32 Å². The number of rotatable bonds is 10. The van der Waals surface area contributed by atoms with Gasteiger partial charge in [0.25, 0.3) is 0 Å². The molecule has 14 heteroatoms. The SMILES string of the molecule is CCOC(=O)C(C)NP(=O)(OCC1OC(C#N)(c2ccc3c(N)ncnn23)C(C)C1O)Oc1cccc2ccccc12. The molecule has 5 rings (SSSR count). The topological polar surface area (TPSA) is 183 Å². The Balaban J connectivity index is 1.43. The average Bonchev–Trinajstić information content (AvgIpc) is 3.53. The number of nitrogens with two attached hydrogens (primary N) is 1. The first-order valence-corrected chi connectivity index (χ1v) is 14.9. The number of esters is 1. The number of anilines is 1. The molecule has 1 aliphatic rings. The first kappa shape index (κ1) is 29.4. The van der Waals surface area contributed by atoms with Crippen molar-refractivity contribution in [1.82, 2.24) is 19.7 Å². The summed E-state index contributed by atoms with van der Waals surface area (Å²) in [4.78, 5) is 16.4. The van der Waals surface area contributed by atoms with E-state index in [9.17, 15) is 19.7 Å². The second kappa shape index (κ2) is 11.7. The molecule has 6 atom stereocenters. The highest BCUT2D eigenvalue weighted by Crippen LogP contribution is 2.49. The van der Waals surface area contributed by atoms with Crippen molar-refractivity contribution in [2.24, 2.45) is 5.92 Å². The van der Waals surface area contributed by atoms with E-state index in [1.54, 1.807) is 44.2 Å². The van der Waals surface area contributed by atoms with Crippen molar-refractivity contribution >= 4 is 35.8 Å². The predicted molar refractivity (Wildman–Crippen MR) is 152 cm³/mol.